The highest BCUT2D eigenvalue weighted by atomic mass is 19.1. The van der Waals surface area contributed by atoms with Crippen LogP contribution in [0.3, 0.4) is 0 Å². The topological polar surface area (TPSA) is 140 Å². The van der Waals surface area contributed by atoms with E-state index in [1.54, 1.807) is 5.06 Å². The van der Waals surface area contributed by atoms with Gasteiger partial charge >= 0.3 is 5.97 Å². The average molecular weight is 557 g/mol. The number of fused-ring (bicyclic) bond motifs is 1. The molecule has 1 aliphatic heterocycles. The summed E-state index contributed by atoms with van der Waals surface area (Å²) in [6.45, 7) is 0.262. The number of anilines is 2. The third-order valence-electron chi connectivity index (χ3n) is 6.40. The molecule has 2 aromatic carbocycles. The number of carbonyl (C=O) groups excluding carboxylic acids is 1. The summed E-state index contributed by atoms with van der Waals surface area (Å²) in [5.41, 5.74) is 0.437. The molecule has 0 bridgehead atoms. The molecule has 0 aliphatic carbocycles. The number of Topliss-reactive ketones (excluding diaryl/α,β-unsaturated/α-hetero) is 1. The Bertz CT molecular complexity index is 1540. The second-order valence-electron chi connectivity index (χ2n) is 9.22. The van der Waals surface area contributed by atoms with Crippen LogP contribution in [0.25, 0.3) is 11.1 Å². The van der Waals surface area contributed by atoms with Gasteiger partial charge in [0.15, 0.2) is 17.2 Å². The third kappa shape index (κ3) is 6.10. The highest BCUT2D eigenvalue weighted by Gasteiger charge is 2.31. The molecule has 0 radical (unpaired) electrons. The molecule has 3 heterocycles. The van der Waals surface area contributed by atoms with Crippen LogP contribution in [0.5, 0.6) is 5.75 Å². The Kier molecular flexibility index (Phi) is 8.03. The number of carboxylic acid groups (broad SMARTS) is 1. The van der Waals surface area contributed by atoms with Gasteiger partial charge < -0.3 is 24.0 Å². The zero-order chi connectivity index (χ0) is 28.2. The summed E-state index contributed by atoms with van der Waals surface area (Å²) < 4.78 is 45.3. The van der Waals surface area contributed by atoms with E-state index in [-0.39, 0.29) is 66.1 Å². The molecule has 0 saturated carbocycles. The van der Waals surface area contributed by atoms with Gasteiger partial charge in [-0.05, 0) is 36.6 Å². The zero-order valence-electron chi connectivity index (χ0n) is 21.5. The van der Waals surface area contributed by atoms with E-state index in [0.717, 1.165) is 6.42 Å². The lowest BCUT2D eigenvalue weighted by atomic mass is 10.1. The van der Waals surface area contributed by atoms with Crippen LogP contribution in [0.1, 0.15) is 42.5 Å². The molecule has 2 N–H and O–H groups in total. The predicted octanol–water partition coefficient (Wildman–Crippen LogP) is 4.74. The number of oxazole rings is 2. The maximum atomic E-state index is 15.2. The van der Waals surface area contributed by atoms with Crippen molar-refractivity contribution in [1.29, 1.82) is 0 Å². The highest BCUT2D eigenvalue weighted by Crippen LogP contribution is 2.33. The first-order valence-corrected chi connectivity index (χ1v) is 12.6. The Labute approximate surface area is 226 Å². The van der Waals surface area contributed by atoms with Crippen molar-refractivity contribution >= 4 is 34.6 Å². The molecule has 11 nitrogen and oxygen atoms in total. The maximum absolute atomic E-state index is 15.2. The first-order valence-electron chi connectivity index (χ1n) is 12.6. The van der Waals surface area contributed by atoms with E-state index in [9.17, 15) is 14.0 Å². The summed E-state index contributed by atoms with van der Waals surface area (Å²) in [4.78, 5) is 37.6. The SMILES string of the molecule is COc1ccc(F)cc1Nc1nc2ccc(CC(=O)CON3CCC[C@H]3c3ncc(CCC(=O)O)o3)c(F)c2o1. The molecular weight excluding hydrogens is 530 g/mol. The van der Waals surface area contributed by atoms with Crippen LogP contribution >= 0.6 is 0 Å². The van der Waals surface area contributed by atoms with Crippen molar-refractivity contribution in [3.63, 3.8) is 0 Å². The fraction of sp³-hybridized carbons (Fsp3) is 0.333. The van der Waals surface area contributed by atoms with Crippen LogP contribution in [0.15, 0.2) is 45.4 Å². The molecule has 0 amide bonds. The Morgan fingerprint density at radius 2 is 2.08 bits per heavy atom. The average Bonchev–Trinajstić information content (AvgIpc) is 3.68. The number of nitrogens with one attached hydrogen (secondary N) is 1. The van der Waals surface area contributed by atoms with E-state index >= 15 is 4.39 Å². The molecule has 5 rings (SSSR count). The van der Waals surface area contributed by atoms with Gasteiger partial charge in [0.2, 0.25) is 5.89 Å². The molecule has 1 saturated heterocycles. The number of aromatic nitrogens is 2. The normalized spacial score (nSPS) is 15.5. The van der Waals surface area contributed by atoms with Gasteiger partial charge in [-0.2, -0.15) is 10.0 Å². The van der Waals surface area contributed by atoms with Crippen LogP contribution < -0.4 is 10.1 Å². The van der Waals surface area contributed by atoms with Crippen molar-refractivity contribution < 1.29 is 41.9 Å². The summed E-state index contributed by atoms with van der Waals surface area (Å²) >= 11 is 0. The van der Waals surface area contributed by atoms with E-state index < -0.39 is 17.6 Å². The minimum Gasteiger partial charge on any atom is -0.495 e. The number of aliphatic carboxylic acids is 1. The number of ketones is 1. The molecule has 4 aromatic rings. The monoisotopic (exact) mass is 556 g/mol. The number of aryl methyl sites for hydroxylation is 1. The van der Waals surface area contributed by atoms with Gasteiger partial charge in [0.1, 0.15) is 35.5 Å². The van der Waals surface area contributed by atoms with Crippen LogP contribution in [-0.4, -0.2) is 52.2 Å². The number of ether oxygens (including phenoxy) is 1. The number of benzene rings is 2. The molecule has 0 spiro atoms. The van der Waals surface area contributed by atoms with Gasteiger partial charge in [-0.25, -0.2) is 13.8 Å². The Morgan fingerprint density at radius 3 is 2.88 bits per heavy atom. The fourth-order valence-electron chi connectivity index (χ4n) is 4.47. The standard InChI is InChI=1S/C27H26F2N4O7/c1-37-22-8-5-16(28)12-20(22)32-27-31-19-7-4-15(24(29)25(19)40-27)11-17(34)14-38-33-10-2-3-21(33)26-30-13-18(39-26)6-9-23(35)36/h4-5,7-8,12-13,21H,2-3,6,9-11,14H2,1H3,(H,31,32)(H,35,36)/t21-/m0/s1. The molecule has 1 atom stereocenters. The molecular formula is C27H26F2N4O7. The number of nitrogens with zero attached hydrogens (tertiary/aromatic N) is 3. The quantitative estimate of drug-likeness (QED) is 0.250. The minimum atomic E-state index is -0.928. The number of hydrogen-bond acceptors (Lipinski definition) is 10. The second kappa shape index (κ2) is 11.8. The Morgan fingerprint density at radius 1 is 1.23 bits per heavy atom. The summed E-state index contributed by atoms with van der Waals surface area (Å²) in [6, 6.07) is 6.47. The number of hydrogen-bond donors (Lipinski definition) is 2. The number of methoxy groups -OCH3 is 1. The van der Waals surface area contributed by atoms with Crippen molar-refractivity contribution in [3.8, 4) is 5.75 Å². The van der Waals surface area contributed by atoms with Crippen LogP contribution in [0.4, 0.5) is 20.5 Å². The lowest BCUT2D eigenvalue weighted by Gasteiger charge is -2.21. The van der Waals surface area contributed by atoms with Crippen molar-refractivity contribution in [2.45, 2.75) is 38.1 Å². The number of rotatable bonds is 12. The molecule has 40 heavy (non-hydrogen) atoms. The van der Waals surface area contributed by atoms with Gasteiger partial charge in [-0.3, -0.25) is 14.4 Å². The summed E-state index contributed by atoms with van der Waals surface area (Å²) in [5, 5.41) is 13.2. The molecule has 210 valence electrons. The van der Waals surface area contributed by atoms with E-state index in [2.05, 4.69) is 15.3 Å². The van der Waals surface area contributed by atoms with Crippen molar-refractivity contribution in [3.05, 3.63) is 65.4 Å². The second-order valence-corrected chi connectivity index (χ2v) is 9.22. The number of halogens is 2. The summed E-state index contributed by atoms with van der Waals surface area (Å²) in [5.74, 6) is -1.32. The summed E-state index contributed by atoms with van der Waals surface area (Å²) in [6.07, 6.45) is 2.91. The van der Waals surface area contributed by atoms with Crippen LogP contribution in [0, 0.1) is 11.6 Å². The molecule has 2 aromatic heterocycles. The van der Waals surface area contributed by atoms with E-state index in [0.29, 0.717) is 30.4 Å². The van der Waals surface area contributed by atoms with Crippen molar-refractivity contribution in [2.24, 2.45) is 0 Å². The fourth-order valence-corrected chi connectivity index (χ4v) is 4.47. The van der Waals surface area contributed by atoms with E-state index in [1.165, 1.54) is 43.6 Å². The third-order valence-corrected chi connectivity index (χ3v) is 6.40. The predicted molar refractivity (Wildman–Crippen MR) is 136 cm³/mol. The Balaban J connectivity index is 1.21. The smallest absolute Gasteiger partial charge is 0.303 e. The van der Waals surface area contributed by atoms with Gasteiger partial charge in [-0.1, -0.05) is 6.07 Å². The maximum Gasteiger partial charge on any atom is 0.303 e. The first-order chi connectivity index (χ1) is 19.3. The largest absolute Gasteiger partial charge is 0.495 e. The van der Waals surface area contributed by atoms with Gasteiger partial charge in [0.25, 0.3) is 6.01 Å². The lowest BCUT2D eigenvalue weighted by Crippen LogP contribution is -2.27. The number of carboxylic acids is 1. The van der Waals surface area contributed by atoms with Crippen LogP contribution in [-0.2, 0) is 27.3 Å². The minimum absolute atomic E-state index is 0.0655. The summed E-state index contributed by atoms with van der Waals surface area (Å²) in [7, 11) is 1.43. The number of carbonyl (C=O) groups is 2. The van der Waals surface area contributed by atoms with Gasteiger partial charge in [-0.15, -0.1) is 0 Å². The van der Waals surface area contributed by atoms with E-state index in [4.69, 9.17) is 23.5 Å². The van der Waals surface area contributed by atoms with E-state index in [1.807, 2.05) is 0 Å². The first kappa shape index (κ1) is 27.2. The zero-order valence-corrected chi connectivity index (χ0v) is 21.5. The van der Waals surface area contributed by atoms with Crippen molar-refractivity contribution in [2.75, 3.05) is 25.6 Å². The van der Waals surface area contributed by atoms with Crippen LogP contribution in [0.2, 0.25) is 0 Å². The number of hydroxylamine groups is 2. The van der Waals surface area contributed by atoms with Gasteiger partial charge in [0, 0.05) is 25.5 Å². The Hall–Kier alpha value is -4.36. The molecule has 1 aliphatic rings. The molecule has 1 fully saturated rings. The molecule has 0 unspecified atom stereocenters. The van der Waals surface area contributed by atoms with Gasteiger partial charge in [0.05, 0.1) is 25.4 Å². The van der Waals surface area contributed by atoms with Crippen molar-refractivity contribution in [1.82, 2.24) is 15.0 Å². The highest BCUT2D eigenvalue weighted by molar-refractivity contribution is 5.84. The molecule has 13 heteroatoms. The lowest BCUT2D eigenvalue weighted by molar-refractivity contribution is -0.179.